The van der Waals surface area contributed by atoms with Gasteiger partial charge in [-0.15, -0.1) is 0 Å². The van der Waals surface area contributed by atoms with Crippen molar-refractivity contribution in [2.24, 2.45) is 0 Å². The van der Waals surface area contributed by atoms with Crippen LogP contribution in [0.4, 0.5) is 0 Å². The molecule has 1 heterocycles. The molecule has 4 rings (SSSR count). The molecule has 1 aromatic heterocycles. The van der Waals surface area contributed by atoms with Crippen LogP contribution >= 0.6 is 0 Å². The molecule has 0 aliphatic heterocycles. The second-order valence-corrected chi connectivity index (χ2v) is 7.75. The lowest BCUT2D eigenvalue weighted by Gasteiger charge is -2.13. The summed E-state index contributed by atoms with van der Waals surface area (Å²) >= 11 is 0. The first-order valence-electron chi connectivity index (χ1n) is 10.9. The molecule has 0 atom stereocenters. The summed E-state index contributed by atoms with van der Waals surface area (Å²) in [6.45, 7) is 0.935. The first kappa shape index (κ1) is 21.5. The topological polar surface area (TPSA) is 63.3 Å². The summed E-state index contributed by atoms with van der Waals surface area (Å²) in [4.78, 5) is 15.6. The number of amides is 1. The first-order valence-corrected chi connectivity index (χ1v) is 10.9. The number of hydrogen-bond donors (Lipinski definition) is 2. The number of H-pyrrole nitrogens is 1. The molecule has 0 aliphatic rings. The van der Waals surface area contributed by atoms with E-state index in [1.807, 2.05) is 66.9 Å². The van der Waals surface area contributed by atoms with E-state index in [9.17, 15) is 4.79 Å². The van der Waals surface area contributed by atoms with Gasteiger partial charge in [0.05, 0.1) is 7.11 Å². The summed E-state index contributed by atoms with van der Waals surface area (Å²) < 4.78 is 11.4. The molecule has 0 unspecified atom stereocenters. The van der Waals surface area contributed by atoms with Crippen molar-refractivity contribution >= 4 is 16.8 Å². The van der Waals surface area contributed by atoms with Gasteiger partial charge in [0.1, 0.15) is 6.61 Å². The first-order chi connectivity index (χ1) is 15.7. The predicted octanol–water partition coefficient (Wildman–Crippen LogP) is 5.39. The Labute approximate surface area is 188 Å². The van der Waals surface area contributed by atoms with E-state index >= 15 is 0 Å². The van der Waals surface area contributed by atoms with E-state index in [0.29, 0.717) is 31.1 Å². The van der Waals surface area contributed by atoms with Crippen molar-refractivity contribution in [1.82, 2.24) is 10.3 Å². The van der Waals surface area contributed by atoms with Gasteiger partial charge in [0.15, 0.2) is 11.5 Å². The highest BCUT2D eigenvalue weighted by atomic mass is 16.5. The highest BCUT2D eigenvalue weighted by Crippen LogP contribution is 2.29. The smallest absolute Gasteiger partial charge is 0.220 e. The number of hydrogen-bond acceptors (Lipinski definition) is 3. The van der Waals surface area contributed by atoms with Crippen LogP contribution < -0.4 is 14.8 Å². The maximum atomic E-state index is 12.3. The van der Waals surface area contributed by atoms with Gasteiger partial charge in [0, 0.05) is 30.1 Å². The van der Waals surface area contributed by atoms with Crippen LogP contribution in [0.3, 0.4) is 0 Å². The van der Waals surface area contributed by atoms with Crippen molar-refractivity contribution < 1.29 is 14.3 Å². The lowest BCUT2D eigenvalue weighted by Crippen LogP contribution is -2.22. The molecule has 0 saturated carbocycles. The number of carbonyl (C=O) groups is 1. The number of aryl methyl sites for hydroxylation is 1. The van der Waals surface area contributed by atoms with Gasteiger partial charge >= 0.3 is 0 Å². The second-order valence-electron chi connectivity index (χ2n) is 7.75. The average Bonchev–Trinajstić information content (AvgIpc) is 3.25. The van der Waals surface area contributed by atoms with Gasteiger partial charge in [0.25, 0.3) is 0 Å². The fourth-order valence-electron chi connectivity index (χ4n) is 3.74. The molecule has 0 radical (unpaired) electrons. The molecule has 5 heteroatoms. The Balaban J connectivity index is 1.25. The highest BCUT2D eigenvalue weighted by molar-refractivity contribution is 5.83. The largest absolute Gasteiger partial charge is 0.493 e. The molecule has 5 nitrogen and oxygen atoms in total. The molecule has 3 aromatic carbocycles. The summed E-state index contributed by atoms with van der Waals surface area (Å²) in [6.07, 6.45) is 4.22. The summed E-state index contributed by atoms with van der Waals surface area (Å²) in [6, 6.07) is 24.0. The number of aromatic amines is 1. The molecule has 2 N–H and O–H groups in total. The number of nitrogens with one attached hydrogen (secondary N) is 2. The Morgan fingerprint density at radius 1 is 0.938 bits per heavy atom. The van der Waals surface area contributed by atoms with E-state index < -0.39 is 0 Å². The molecular weight excluding hydrogens is 400 g/mol. The minimum Gasteiger partial charge on any atom is -0.493 e. The number of fused-ring (bicyclic) bond motifs is 1. The molecule has 0 fully saturated rings. The van der Waals surface area contributed by atoms with Crippen LogP contribution in [0.15, 0.2) is 79.0 Å². The number of benzene rings is 3. The molecule has 4 aromatic rings. The average molecular weight is 429 g/mol. The van der Waals surface area contributed by atoms with Gasteiger partial charge in [-0.05, 0) is 47.7 Å². The van der Waals surface area contributed by atoms with Gasteiger partial charge in [-0.1, -0.05) is 54.6 Å². The van der Waals surface area contributed by atoms with Crippen molar-refractivity contribution in [3.63, 3.8) is 0 Å². The van der Waals surface area contributed by atoms with Crippen LogP contribution in [-0.4, -0.2) is 18.0 Å². The number of rotatable bonds is 10. The number of carbonyl (C=O) groups excluding carboxylic acids is 1. The van der Waals surface area contributed by atoms with E-state index in [-0.39, 0.29) is 5.91 Å². The third kappa shape index (κ3) is 5.49. The minimum absolute atomic E-state index is 0.0493. The quantitative estimate of drug-likeness (QED) is 0.356. The standard InChI is InChI=1S/C27H28N2O3/c1-31-26-16-21(14-15-25(26)32-19-20-8-3-2-4-9-20)17-29-27(30)13-7-10-22-18-28-24-12-6-5-11-23(22)24/h2-6,8-9,11-12,14-16,18,28H,7,10,13,17,19H2,1H3,(H,29,30). The van der Waals surface area contributed by atoms with Gasteiger partial charge in [-0.25, -0.2) is 0 Å². The zero-order valence-electron chi connectivity index (χ0n) is 18.3. The van der Waals surface area contributed by atoms with Crippen molar-refractivity contribution in [3.8, 4) is 11.5 Å². The van der Waals surface area contributed by atoms with Gasteiger partial charge in [0.2, 0.25) is 5.91 Å². The monoisotopic (exact) mass is 428 g/mol. The Morgan fingerprint density at radius 2 is 1.75 bits per heavy atom. The molecule has 0 spiro atoms. The van der Waals surface area contributed by atoms with Crippen molar-refractivity contribution in [3.05, 3.63) is 95.7 Å². The zero-order chi connectivity index (χ0) is 22.2. The molecule has 0 saturated heterocycles. The van der Waals surface area contributed by atoms with Crippen LogP contribution in [0.25, 0.3) is 10.9 Å². The van der Waals surface area contributed by atoms with Crippen LogP contribution in [0.1, 0.15) is 29.5 Å². The Morgan fingerprint density at radius 3 is 2.59 bits per heavy atom. The molecule has 0 aliphatic carbocycles. The Hall–Kier alpha value is -3.73. The van der Waals surface area contributed by atoms with E-state index in [4.69, 9.17) is 9.47 Å². The van der Waals surface area contributed by atoms with Crippen LogP contribution in [0.2, 0.25) is 0 Å². The van der Waals surface area contributed by atoms with Crippen molar-refractivity contribution in [1.29, 1.82) is 0 Å². The third-order valence-electron chi connectivity index (χ3n) is 5.48. The maximum absolute atomic E-state index is 12.3. The van der Waals surface area contributed by atoms with E-state index in [1.165, 1.54) is 10.9 Å². The number of aromatic nitrogens is 1. The molecular formula is C27H28N2O3. The van der Waals surface area contributed by atoms with E-state index in [1.54, 1.807) is 7.11 Å². The zero-order valence-corrected chi connectivity index (χ0v) is 18.3. The van der Waals surface area contributed by atoms with Crippen LogP contribution in [0.5, 0.6) is 11.5 Å². The van der Waals surface area contributed by atoms with Crippen molar-refractivity contribution in [2.75, 3.05) is 7.11 Å². The summed E-state index contributed by atoms with van der Waals surface area (Å²) in [5, 5.41) is 4.23. The van der Waals surface area contributed by atoms with Crippen LogP contribution in [-0.2, 0) is 24.4 Å². The predicted molar refractivity (Wildman–Crippen MR) is 127 cm³/mol. The number of para-hydroxylation sites is 1. The van der Waals surface area contributed by atoms with Crippen molar-refractivity contribution in [2.45, 2.75) is 32.4 Å². The summed E-state index contributed by atoms with van der Waals surface area (Å²) in [7, 11) is 1.62. The Kier molecular flexibility index (Phi) is 7.08. The molecule has 1 amide bonds. The fourth-order valence-corrected chi connectivity index (χ4v) is 3.74. The maximum Gasteiger partial charge on any atom is 0.220 e. The lowest BCUT2D eigenvalue weighted by molar-refractivity contribution is -0.121. The second kappa shape index (κ2) is 10.5. The summed E-state index contributed by atoms with van der Waals surface area (Å²) in [5.41, 5.74) is 4.46. The SMILES string of the molecule is COc1cc(CNC(=O)CCCc2c[nH]c3ccccc23)ccc1OCc1ccccc1. The fraction of sp³-hybridized carbons (Fsp3) is 0.222. The highest BCUT2D eigenvalue weighted by Gasteiger charge is 2.09. The van der Waals surface area contributed by atoms with E-state index in [0.717, 1.165) is 29.5 Å². The molecule has 0 bridgehead atoms. The van der Waals surface area contributed by atoms with Crippen LogP contribution in [0, 0.1) is 0 Å². The normalized spacial score (nSPS) is 10.8. The van der Waals surface area contributed by atoms with Gasteiger partial charge in [-0.2, -0.15) is 0 Å². The summed E-state index contributed by atoms with van der Waals surface area (Å²) in [5.74, 6) is 1.39. The van der Waals surface area contributed by atoms with E-state index in [2.05, 4.69) is 22.4 Å². The minimum atomic E-state index is 0.0493. The molecule has 164 valence electrons. The molecule has 32 heavy (non-hydrogen) atoms. The lowest BCUT2D eigenvalue weighted by atomic mass is 10.1. The third-order valence-corrected chi connectivity index (χ3v) is 5.48. The van der Waals surface area contributed by atoms with Gasteiger partial charge in [-0.3, -0.25) is 4.79 Å². The number of ether oxygens (including phenoxy) is 2. The van der Waals surface area contributed by atoms with Gasteiger partial charge < -0.3 is 19.8 Å². The number of methoxy groups -OCH3 is 1. The Bertz CT molecular complexity index is 1170.